The summed E-state index contributed by atoms with van der Waals surface area (Å²) in [4.78, 5) is 11.3. The molecule has 0 radical (unpaired) electrons. The Hall–Kier alpha value is -0.610. The minimum Gasteiger partial charge on any atom is -0.465 e. The summed E-state index contributed by atoms with van der Waals surface area (Å²) in [7, 11) is 1.69. The Bertz CT molecular complexity index is 164. The lowest BCUT2D eigenvalue weighted by Gasteiger charge is -2.27. The van der Waals surface area contributed by atoms with Gasteiger partial charge in [0.15, 0.2) is 0 Å². The summed E-state index contributed by atoms with van der Waals surface area (Å²) in [5, 5.41) is 3.11. The number of ether oxygens (including phenoxy) is 2. The van der Waals surface area contributed by atoms with E-state index in [2.05, 4.69) is 5.32 Å². The van der Waals surface area contributed by atoms with Gasteiger partial charge in [0.2, 0.25) is 0 Å². The van der Waals surface area contributed by atoms with E-state index in [1.165, 1.54) is 0 Å². The largest absolute Gasteiger partial charge is 0.465 e. The Morgan fingerprint density at radius 1 is 1.54 bits per heavy atom. The summed E-state index contributed by atoms with van der Waals surface area (Å²) in [6.07, 6.45) is 1.97. The van der Waals surface area contributed by atoms with Gasteiger partial charge in [-0.3, -0.25) is 4.79 Å². The minimum atomic E-state index is -0.142. The van der Waals surface area contributed by atoms with Crippen molar-refractivity contribution in [3.8, 4) is 0 Å². The number of hydrogen-bond donors (Lipinski definition) is 1. The topological polar surface area (TPSA) is 47.6 Å². The van der Waals surface area contributed by atoms with Crippen LogP contribution in [-0.4, -0.2) is 38.4 Å². The predicted molar refractivity (Wildman–Crippen MR) is 48.5 cm³/mol. The molecule has 1 saturated heterocycles. The summed E-state index contributed by atoms with van der Waals surface area (Å²) in [5.74, 6) is -0.142. The van der Waals surface area contributed by atoms with E-state index < -0.39 is 0 Å². The maximum atomic E-state index is 11.3. The van der Waals surface area contributed by atoms with Crippen LogP contribution in [0.15, 0.2) is 0 Å². The predicted octanol–water partition coefficient (Wildman–Crippen LogP) is 0.316. The Labute approximate surface area is 78.6 Å². The summed E-state index contributed by atoms with van der Waals surface area (Å²) in [6.45, 7) is 3.00. The lowest BCUT2D eigenvalue weighted by atomic mass is 10.0. The number of nitrogens with one attached hydrogen (secondary N) is 1. The molecular weight excluding hydrogens is 170 g/mol. The highest BCUT2D eigenvalue weighted by Gasteiger charge is 2.26. The van der Waals surface area contributed by atoms with E-state index in [0.29, 0.717) is 6.61 Å². The molecule has 2 unspecified atom stereocenters. The standard InChI is InChI=1S/C9H17NO3/c1-3-13-9(11)8-5-4-7(12-2)6-10-8/h7-8,10H,3-6H2,1-2H3. The number of carbonyl (C=O) groups excluding carboxylic acids is 1. The van der Waals surface area contributed by atoms with Crippen LogP contribution >= 0.6 is 0 Å². The molecule has 1 aliphatic rings. The zero-order chi connectivity index (χ0) is 9.68. The van der Waals surface area contributed by atoms with E-state index in [0.717, 1.165) is 19.4 Å². The molecule has 0 aromatic carbocycles. The molecule has 0 bridgehead atoms. The monoisotopic (exact) mass is 187 g/mol. The molecule has 0 saturated carbocycles. The van der Waals surface area contributed by atoms with Crippen molar-refractivity contribution in [2.45, 2.75) is 31.9 Å². The Kier molecular flexibility index (Phi) is 4.18. The van der Waals surface area contributed by atoms with Gasteiger partial charge in [0, 0.05) is 13.7 Å². The molecule has 4 nitrogen and oxygen atoms in total. The number of esters is 1. The molecule has 1 fully saturated rings. The van der Waals surface area contributed by atoms with Crippen molar-refractivity contribution in [3.05, 3.63) is 0 Å². The third-order valence-corrected chi connectivity index (χ3v) is 2.27. The van der Waals surface area contributed by atoms with Gasteiger partial charge in [-0.1, -0.05) is 0 Å². The Morgan fingerprint density at radius 3 is 2.77 bits per heavy atom. The van der Waals surface area contributed by atoms with Gasteiger partial charge in [-0.2, -0.15) is 0 Å². The van der Waals surface area contributed by atoms with Crippen molar-refractivity contribution in [3.63, 3.8) is 0 Å². The van der Waals surface area contributed by atoms with Gasteiger partial charge in [-0.25, -0.2) is 0 Å². The highest BCUT2D eigenvalue weighted by molar-refractivity contribution is 5.75. The molecule has 2 atom stereocenters. The van der Waals surface area contributed by atoms with Crippen LogP contribution < -0.4 is 5.32 Å². The van der Waals surface area contributed by atoms with Gasteiger partial charge in [0.1, 0.15) is 6.04 Å². The van der Waals surface area contributed by atoms with Gasteiger partial charge in [0.25, 0.3) is 0 Å². The van der Waals surface area contributed by atoms with Crippen molar-refractivity contribution in [2.24, 2.45) is 0 Å². The summed E-state index contributed by atoms with van der Waals surface area (Å²) < 4.78 is 10.1. The molecule has 76 valence electrons. The number of carbonyl (C=O) groups is 1. The van der Waals surface area contributed by atoms with Gasteiger partial charge in [-0.15, -0.1) is 0 Å². The fraction of sp³-hybridized carbons (Fsp3) is 0.889. The van der Waals surface area contributed by atoms with E-state index in [-0.39, 0.29) is 18.1 Å². The number of rotatable bonds is 3. The number of piperidine rings is 1. The van der Waals surface area contributed by atoms with Crippen molar-refractivity contribution >= 4 is 5.97 Å². The fourth-order valence-corrected chi connectivity index (χ4v) is 1.48. The first-order chi connectivity index (χ1) is 6.27. The average Bonchev–Trinajstić information content (AvgIpc) is 2.18. The molecule has 4 heteroatoms. The van der Waals surface area contributed by atoms with Crippen LogP contribution in [0.4, 0.5) is 0 Å². The first-order valence-electron chi connectivity index (χ1n) is 4.70. The average molecular weight is 187 g/mol. The smallest absolute Gasteiger partial charge is 0.323 e. The normalized spacial score (nSPS) is 28.5. The molecule has 1 aliphatic heterocycles. The van der Waals surface area contributed by atoms with Crippen LogP contribution in [0.25, 0.3) is 0 Å². The van der Waals surface area contributed by atoms with Gasteiger partial charge in [-0.05, 0) is 19.8 Å². The van der Waals surface area contributed by atoms with Crippen LogP contribution in [0, 0.1) is 0 Å². The molecule has 0 amide bonds. The first kappa shape index (κ1) is 10.5. The van der Waals surface area contributed by atoms with E-state index in [4.69, 9.17) is 9.47 Å². The molecule has 0 aliphatic carbocycles. The summed E-state index contributed by atoms with van der Waals surface area (Å²) in [6, 6.07) is -0.133. The maximum Gasteiger partial charge on any atom is 0.323 e. The van der Waals surface area contributed by atoms with Crippen LogP contribution in [0.5, 0.6) is 0 Å². The van der Waals surface area contributed by atoms with E-state index in [1.54, 1.807) is 7.11 Å². The molecule has 0 spiro atoms. The zero-order valence-electron chi connectivity index (χ0n) is 8.21. The third kappa shape index (κ3) is 2.97. The SMILES string of the molecule is CCOC(=O)C1CCC(OC)CN1. The lowest BCUT2D eigenvalue weighted by Crippen LogP contribution is -2.47. The highest BCUT2D eigenvalue weighted by Crippen LogP contribution is 2.11. The van der Waals surface area contributed by atoms with Gasteiger partial charge >= 0.3 is 5.97 Å². The zero-order valence-corrected chi connectivity index (χ0v) is 8.21. The summed E-state index contributed by atoms with van der Waals surface area (Å²) >= 11 is 0. The second-order valence-electron chi connectivity index (χ2n) is 3.15. The molecule has 1 N–H and O–H groups in total. The van der Waals surface area contributed by atoms with Crippen LogP contribution in [0.1, 0.15) is 19.8 Å². The van der Waals surface area contributed by atoms with Crippen molar-refractivity contribution in [2.75, 3.05) is 20.3 Å². The highest BCUT2D eigenvalue weighted by atomic mass is 16.5. The number of methoxy groups -OCH3 is 1. The summed E-state index contributed by atoms with van der Waals surface area (Å²) in [5.41, 5.74) is 0. The Balaban J connectivity index is 2.28. The van der Waals surface area contributed by atoms with Crippen molar-refractivity contribution in [1.29, 1.82) is 0 Å². The Morgan fingerprint density at radius 2 is 2.31 bits per heavy atom. The van der Waals surface area contributed by atoms with Gasteiger partial charge in [0.05, 0.1) is 12.7 Å². The first-order valence-corrected chi connectivity index (χ1v) is 4.70. The lowest BCUT2D eigenvalue weighted by molar-refractivity contribution is -0.146. The van der Waals surface area contributed by atoms with Crippen molar-refractivity contribution < 1.29 is 14.3 Å². The molecule has 1 rings (SSSR count). The quantitative estimate of drug-likeness (QED) is 0.646. The maximum absolute atomic E-state index is 11.3. The van der Waals surface area contributed by atoms with Crippen LogP contribution in [0.2, 0.25) is 0 Å². The van der Waals surface area contributed by atoms with Crippen molar-refractivity contribution in [1.82, 2.24) is 5.32 Å². The fourth-order valence-electron chi connectivity index (χ4n) is 1.48. The van der Waals surface area contributed by atoms with Gasteiger partial charge < -0.3 is 14.8 Å². The van der Waals surface area contributed by atoms with E-state index >= 15 is 0 Å². The van der Waals surface area contributed by atoms with Crippen LogP contribution in [-0.2, 0) is 14.3 Å². The second kappa shape index (κ2) is 5.19. The molecule has 1 heterocycles. The van der Waals surface area contributed by atoms with Crippen LogP contribution in [0.3, 0.4) is 0 Å². The molecule has 13 heavy (non-hydrogen) atoms. The molecule has 0 aromatic heterocycles. The third-order valence-electron chi connectivity index (χ3n) is 2.27. The second-order valence-corrected chi connectivity index (χ2v) is 3.15. The minimum absolute atomic E-state index is 0.133. The molecular formula is C9H17NO3. The number of hydrogen-bond acceptors (Lipinski definition) is 4. The molecule has 0 aromatic rings. The van der Waals surface area contributed by atoms with E-state index in [1.807, 2.05) is 6.92 Å². The van der Waals surface area contributed by atoms with E-state index in [9.17, 15) is 4.79 Å².